The Labute approximate surface area is 93.3 Å². The van der Waals surface area contributed by atoms with Crippen LogP contribution in [0.25, 0.3) is 0 Å². The fourth-order valence-corrected chi connectivity index (χ4v) is 2.14. The van der Waals surface area contributed by atoms with Crippen molar-refractivity contribution in [1.82, 2.24) is 5.32 Å². The molecule has 1 unspecified atom stereocenters. The summed E-state index contributed by atoms with van der Waals surface area (Å²) in [5, 5.41) is 2.62. The zero-order valence-electron chi connectivity index (χ0n) is 8.64. The van der Waals surface area contributed by atoms with E-state index in [4.69, 9.17) is 4.74 Å². The molecule has 1 saturated heterocycles. The van der Waals surface area contributed by atoms with Gasteiger partial charge in [-0.2, -0.15) is 0 Å². The van der Waals surface area contributed by atoms with Crippen LogP contribution < -0.4 is 5.32 Å². The Balaban J connectivity index is 2.23. The second-order valence-electron chi connectivity index (χ2n) is 3.64. The van der Waals surface area contributed by atoms with Crippen LogP contribution >= 0.6 is 0 Å². The van der Waals surface area contributed by atoms with Crippen molar-refractivity contribution in [2.45, 2.75) is 10.9 Å². The standard InChI is InChI=1S/C10H11NO4S/c1-16(13,14)8-4-2-7(3-5-8)9-6-15-10(12)11-9/h2-5,9H,6H2,1H3,(H,11,12). The Morgan fingerprint density at radius 3 is 2.38 bits per heavy atom. The van der Waals surface area contributed by atoms with Crippen LogP contribution in [0.15, 0.2) is 29.2 Å². The molecule has 1 aromatic carbocycles. The number of sulfone groups is 1. The molecule has 0 aliphatic carbocycles. The van der Waals surface area contributed by atoms with Crippen molar-refractivity contribution in [3.8, 4) is 0 Å². The molecule has 1 aliphatic heterocycles. The molecule has 6 heteroatoms. The smallest absolute Gasteiger partial charge is 0.407 e. The average molecular weight is 241 g/mol. The second-order valence-corrected chi connectivity index (χ2v) is 5.65. The molecular weight excluding hydrogens is 230 g/mol. The first-order valence-corrected chi connectivity index (χ1v) is 6.59. The zero-order chi connectivity index (χ0) is 11.8. The number of rotatable bonds is 2. The minimum atomic E-state index is -3.17. The molecule has 2 rings (SSSR count). The fraction of sp³-hybridized carbons (Fsp3) is 0.300. The lowest BCUT2D eigenvalue weighted by Gasteiger charge is -2.07. The third kappa shape index (κ3) is 2.16. The van der Waals surface area contributed by atoms with E-state index in [0.29, 0.717) is 0 Å². The first-order chi connectivity index (χ1) is 7.47. The summed E-state index contributed by atoms with van der Waals surface area (Å²) in [7, 11) is -3.17. The highest BCUT2D eigenvalue weighted by Gasteiger charge is 2.23. The molecule has 0 spiro atoms. The van der Waals surface area contributed by atoms with E-state index in [1.54, 1.807) is 12.1 Å². The van der Waals surface area contributed by atoms with Crippen molar-refractivity contribution >= 4 is 15.9 Å². The molecule has 16 heavy (non-hydrogen) atoms. The number of nitrogens with one attached hydrogen (secondary N) is 1. The van der Waals surface area contributed by atoms with Gasteiger partial charge in [-0.3, -0.25) is 0 Å². The minimum absolute atomic E-state index is 0.193. The summed E-state index contributed by atoms with van der Waals surface area (Å²) in [4.78, 5) is 11.1. The number of carbonyl (C=O) groups excluding carboxylic acids is 1. The Morgan fingerprint density at radius 2 is 1.94 bits per heavy atom. The number of alkyl carbamates (subject to hydrolysis) is 1. The fourth-order valence-electron chi connectivity index (χ4n) is 1.51. The van der Waals surface area contributed by atoms with E-state index in [0.717, 1.165) is 11.8 Å². The van der Waals surface area contributed by atoms with Gasteiger partial charge < -0.3 is 10.1 Å². The average Bonchev–Trinajstić information content (AvgIpc) is 2.64. The van der Waals surface area contributed by atoms with Gasteiger partial charge in [0.15, 0.2) is 9.84 Å². The minimum Gasteiger partial charge on any atom is -0.447 e. The summed E-state index contributed by atoms with van der Waals surface area (Å²) in [6, 6.07) is 6.21. The Hall–Kier alpha value is -1.56. The predicted octanol–water partition coefficient (Wildman–Crippen LogP) is 0.871. The van der Waals surface area contributed by atoms with E-state index < -0.39 is 15.9 Å². The molecule has 1 aliphatic rings. The zero-order valence-corrected chi connectivity index (χ0v) is 9.45. The molecular formula is C10H11NO4S. The summed E-state index contributed by atoms with van der Waals surface area (Å²) in [6.45, 7) is 0.275. The molecule has 86 valence electrons. The lowest BCUT2D eigenvalue weighted by atomic mass is 10.1. The van der Waals surface area contributed by atoms with E-state index in [-0.39, 0.29) is 17.5 Å². The van der Waals surface area contributed by atoms with Gasteiger partial charge in [0.2, 0.25) is 0 Å². The maximum atomic E-state index is 11.2. The van der Waals surface area contributed by atoms with Gasteiger partial charge >= 0.3 is 6.09 Å². The Bertz CT molecular complexity index is 506. The number of hydrogen-bond acceptors (Lipinski definition) is 4. The van der Waals surface area contributed by atoms with Gasteiger partial charge in [-0.25, -0.2) is 13.2 Å². The van der Waals surface area contributed by atoms with Gasteiger partial charge in [0.25, 0.3) is 0 Å². The Kier molecular flexibility index (Phi) is 2.59. The first kappa shape index (κ1) is 10.9. The highest BCUT2D eigenvalue weighted by atomic mass is 32.2. The van der Waals surface area contributed by atoms with Gasteiger partial charge in [-0.1, -0.05) is 12.1 Å². The van der Waals surface area contributed by atoms with E-state index in [1.165, 1.54) is 12.1 Å². The van der Waals surface area contributed by atoms with Crippen molar-refractivity contribution in [1.29, 1.82) is 0 Å². The van der Waals surface area contributed by atoms with Crippen LogP contribution in [-0.2, 0) is 14.6 Å². The second kappa shape index (κ2) is 3.79. The molecule has 0 bridgehead atoms. The van der Waals surface area contributed by atoms with Crippen molar-refractivity contribution in [2.75, 3.05) is 12.9 Å². The quantitative estimate of drug-likeness (QED) is 0.834. The molecule has 1 atom stereocenters. The van der Waals surface area contributed by atoms with Crippen molar-refractivity contribution in [2.24, 2.45) is 0 Å². The predicted molar refractivity (Wildman–Crippen MR) is 56.8 cm³/mol. The third-order valence-electron chi connectivity index (χ3n) is 2.38. The van der Waals surface area contributed by atoms with Crippen LogP contribution in [-0.4, -0.2) is 27.4 Å². The number of cyclic esters (lactones) is 1. The van der Waals surface area contributed by atoms with Crippen LogP contribution in [0, 0.1) is 0 Å². The lowest BCUT2D eigenvalue weighted by molar-refractivity contribution is 0.177. The topological polar surface area (TPSA) is 72.5 Å². The highest BCUT2D eigenvalue weighted by Crippen LogP contribution is 2.19. The normalized spacial score (nSPS) is 20.3. The summed E-state index contributed by atoms with van der Waals surface area (Å²) in [6.07, 6.45) is 0.708. The van der Waals surface area contributed by atoms with Gasteiger partial charge in [-0.15, -0.1) is 0 Å². The third-order valence-corrected chi connectivity index (χ3v) is 3.51. The van der Waals surface area contributed by atoms with E-state index in [9.17, 15) is 13.2 Å². The summed E-state index contributed by atoms with van der Waals surface area (Å²) in [5.41, 5.74) is 0.832. The summed E-state index contributed by atoms with van der Waals surface area (Å²) < 4.78 is 27.2. The molecule has 1 amide bonds. The van der Waals surface area contributed by atoms with E-state index >= 15 is 0 Å². The lowest BCUT2D eigenvalue weighted by Crippen LogP contribution is -2.18. The molecule has 5 nitrogen and oxygen atoms in total. The number of amides is 1. The van der Waals surface area contributed by atoms with Gasteiger partial charge in [0, 0.05) is 6.26 Å². The summed E-state index contributed by atoms with van der Waals surface area (Å²) >= 11 is 0. The van der Waals surface area contributed by atoms with Crippen molar-refractivity contribution in [3.63, 3.8) is 0 Å². The van der Waals surface area contributed by atoms with Crippen molar-refractivity contribution < 1.29 is 17.9 Å². The number of benzene rings is 1. The maximum absolute atomic E-state index is 11.2. The van der Waals surface area contributed by atoms with Crippen LogP contribution in [0.5, 0.6) is 0 Å². The first-order valence-electron chi connectivity index (χ1n) is 4.70. The van der Waals surface area contributed by atoms with Crippen LogP contribution in [0.3, 0.4) is 0 Å². The number of ether oxygens (including phenoxy) is 1. The van der Waals surface area contributed by atoms with Crippen LogP contribution in [0.1, 0.15) is 11.6 Å². The Morgan fingerprint density at radius 1 is 1.31 bits per heavy atom. The van der Waals surface area contributed by atoms with Gasteiger partial charge in [0.1, 0.15) is 6.61 Å². The van der Waals surface area contributed by atoms with Gasteiger partial charge in [-0.05, 0) is 17.7 Å². The van der Waals surface area contributed by atoms with E-state index in [2.05, 4.69) is 5.32 Å². The van der Waals surface area contributed by atoms with E-state index in [1.807, 2.05) is 0 Å². The molecule has 0 radical (unpaired) electrons. The number of hydrogen-bond donors (Lipinski definition) is 1. The monoisotopic (exact) mass is 241 g/mol. The van der Waals surface area contributed by atoms with Crippen LogP contribution in [0.4, 0.5) is 4.79 Å². The van der Waals surface area contributed by atoms with Crippen molar-refractivity contribution in [3.05, 3.63) is 29.8 Å². The largest absolute Gasteiger partial charge is 0.447 e. The summed E-state index contributed by atoms with van der Waals surface area (Å²) in [5.74, 6) is 0. The van der Waals surface area contributed by atoms with Gasteiger partial charge in [0.05, 0.1) is 10.9 Å². The highest BCUT2D eigenvalue weighted by molar-refractivity contribution is 7.90. The maximum Gasteiger partial charge on any atom is 0.407 e. The molecule has 0 saturated carbocycles. The SMILES string of the molecule is CS(=O)(=O)c1ccc(C2COC(=O)N2)cc1. The van der Waals surface area contributed by atoms with Crippen LogP contribution in [0.2, 0.25) is 0 Å². The number of carbonyl (C=O) groups is 1. The molecule has 1 N–H and O–H groups in total. The molecule has 1 heterocycles. The molecule has 1 aromatic rings. The molecule has 1 fully saturated rings. The molecule has 0 aromatic heterocycles.